The summed E-state index contributed by atoms with van der Waals surface area (Å²) in [5.74, 6) is -0.652. The molecule has 7 heteroatoms. The molecule has 23 heavy (non-hydrogen) atoms. The van der Waals surface area contributed by atoms with Gasteiger partial charge in [-0.25, -0.2) is 12.8 Å². The number of halogens is 1. The summed E-state index contributed by atoms with van der Waals surface area (Å²) in [5.41, 5.74) is 0.791. The molecule has 0 unspecified atom stereocenters. The van der Waals surface area contributed by atoms with Crippen LogP contribution >= 0.6 is 0 Å². The van der Waals surface area contributed by atoms with E-state index in [2.05, 4.69) is 4.98 Å². The summed E-state index contributed by atoms with van der Waals surface area (Å²) in [4.78, 5) is 3.92. The highest BCUT2D eigenvalue weighted by Gasteiger charge is 2.29. The molecule has 0 N–H and O–H groups in total. The quantitative estimate of drug-likeness (QED) is 0.841. The lowest BCUT2D eigenvalue weighted by Crippen LogP contribution is -2.30. The summed E-state index contributed by atoms with van der Waals surface area (Å²) < 4.78 is 45.9. The van der Waals surface area contributed by atoms with Gasteiger partial charge in [-0.2, -0.15) is 4.31 Å². The molecule has 0 amide bonds. The van der Waals surface area contributed by atoms with Gasteiger partial charge in [0.1, 0.15) is 0 Å². The predicted molar refractivity (Wildman–Crippen MR) is 85.3 cm³/mol. The van der Waals surface area contributed by atoms with Crippen molar-refractivity contribution in [2.24, 2.45) is 0 Å². The standard InChI is InChI=1S/C16H19FN2O3S/c1-11-15(8-7-14(22-4)16(11)17)23(20,21)19(3)12(2)13-6-5-9-18-10-13/h5-10,12H,1-4H3/t12-/m1/s1. The van der Waals surface area contributed by atoms with Crippen molar-refractivity contribution < 1.29 is 17.5 Å². The summed E-state index contributed by atoms with van der Waals surface area (Å²) in [6.45, 7) is 3.18. The smallest absolute Gasteiger partial charge is 0.243 e. The number of nitrogens with zero attached hydrogens (tertiary/aromatic N) is 2. The molecule has 0 bridgehead atoms. The van der Waals surface area contributed by atoms with Crippen LogP contribution in [0.2, 0.25) is 0 Å². The molecule has 1 aromatic heterocycles. The lowest BCUT2D eigenvalue weighted by Gasteiger charge is -2.25. The molecule has 0 saturated carbocycles. The number of aromatic nitrogens is 1. The van der Waals surface area contributed by atoms with E-state index >= 15 is 0 Å². The van der Waals surface area contributed by atoms with Crippen molar-refractivity contribution in [3.05, 3.63) is 53.6 Å². The first-order valence-electron chi connectivity index (χ1n) is 7.01. The maximum atomic E-state index is 14.2. The highest BCUT2D eigenvalue weighted by Crippen LogP contribution is 2.31. The Hall–Kier alpha value is -1.99. The summed E-state index contributed by atoms with van der Waals surface area (Å²) in [7, 11) is -1.05. The highest BCUT2D eigenvalue weighted by molar-refractivity contribution is 7.89. The zero-order valence-corrected chi connectivity index (χ0v) is 14.3. The van der Waals surface area contributed by atoms with E-state index in [1.54, 1.807) is 31.5 Å². The van der Waals surface area contributed by atoms with Crippen LogP contribution < -0.4 is 4.74 Å². The molecule has 1 heterocycles. The van der Waals surface area contributed by atoms with E-state index in [1.807, 2.05) is 0 Å². The molecule has 0 fully saturated rings. The number of rotatable bonds is 5. The van der Waals surface area contributed by atoms with Crippen molar-refractivity contribution in [1.29, 1.82) is 0 Å². The maximum Gasteiger partial charge on any atom is 0.243 e. The first kappa shape index (κ1) is 17.4. The third-order valence-electron chi connectivity index (χ3n) is 3.89. The fraction of sp³-hybridized carbons (Fsp3) is 0.312. The molecular weight excluding hydrogens is 319 g/mol. The molecule has 0 aliphatic heterocycles. The predicted octanol–water partition coefficient (Wildman–Crippen LogP) is 2.92. The Bertz CT molecular complexity index is 794. The Morgan fingerprint density at radius 1 is 1.30 bits per heavy atom. The van der Waals surface area contributed by atoms with Crippen LogP contribution in [0, 0.1) is 12.7 Å². The summed E-state index contributed by atoms with van der Waals surface area (Å²) in [5, 5.41) is 0. The van der Waals surface area contributed by atoms with Gasteiger partial charge in [-0.15, -0.1) is 0 Å². The van der Waals surface area contributed by atoms with Crippen molar-refractivity contribution in [1.82, 2.24) is 9.29 Å². The number of hydrogen-bond donors (Lipinski definition) is 0. The molecule has 2 rings (SSSR count). The van der Waals surface area contributed by atoms with Crippen LogP contribution in [0.3, 0.4) is 0 Å². The normalized spacial score (nSPS) is 13.1. The lowest BCUT2D eigenvalue weighted by molar-refractivity contribution is 0.381. The second-order valence-electron chi connectivity index (χ2n) is 5.19. The molecule has 0 aliphatic carbocycles. The Morgan fingerprint density at radius 3 is 2.57 bits per heavy atom. The van der Waals surface area contributed by atoms with Crippen LogP contribution in [0.25, 0.3) is 0 Å². The molecular formula is C16H19FN2O3S. The van der Waals surface area contributed by atoms with Crippen LogP contribution in [0.15, 0.2) is 41.6 Å². The van der Waals surface area contributed by atoms with Crippen molar-refractivity contribution >= 4 is 10.0 Å². The zero-order chi connectivity index (χ0) is 17.2. The van der Waals surface area contributed by atoms with Crippen LogP contribution in [0.4, 0.5) is 4.39 Å². The van der Waals surface area contributed by atoms with E-state index < -0.39 is 21.9 Å². The molecule has 0 aliphatic rings. The summed E-state index contributed by atoms with van der Waals surface area (Å²) in [6, 6.07) is 5.78. The fourth-order valence-electron chi connectivity index (χ4n) is 2.28. The fourth-order valence-corrected chi connectivity index (χ4v) is 3.84. The molecule has 1 atom stereocenters. The van der Waals surface area contributed by atoms with E-state index in [0.717, 1.165) is 5.56 Å². The Kier molecular flexibility index (Phi) is 5.01. The van der Waals surface area contributed by atoms with E-state index in [1.165, 1.54) is 37.5 Å². The van der Waals surface area contributed by atoms with Crippen LogP contribution in [0.5, 0.6) is 5.75 Å². The second-order valence-corrected chi connectivity index (χ2v) is 7.15. The van der Waals surface area contributed by atoms with Gasteiger partial charge in [0, 0.05) is 31.0 Å². The van der Waals surface area contributed by atoms with Crippen molar-refractivity contribution in [3.8, 4) is 5.75 Å². The van der Waals surface area contributed by atoms with Gasteiger partial charge in [0.2, 0.25) is 10.0 Å². The number of sulfonamides is 1. The Morgan fingerprint density at radius 2 is 2.00 bits per heavy atom. The average Bonchev–Trinajstić information content (AvgIpc) is 2.56. The van der Waals surface area contributed by atoms with Gasteiger partial charge in [-0.05, 0) is 37.6 Å². The van der Waals surface area contributed by atoms with Gasteiger partial charge in [-0.1, -0.05) is 6.07 Å². The number of hydrogen-bond acceptors (Lipinski definition) is 4. The molecule has 0 radical (unpaired) electrons. The lowest BCUT2D eigenvalue weighted by atomic mass is 10.1. The molecule has 0 spiro atoms. The van der Waals surface area contributed by atoms with Crippen LogP contribution in [-0.2, 0) is 10.0 Å². The molecule has 5 nitrogen and oxygen atoms in total. The second kappa shape index (κ2) is 6.64. The van der Waals surface area contributed by atoms with E-state index in [-0.39, 0.29) is 16.2 Å². The first-order chi connectivity index (χ1) is 10.8. The van der Waals surface area contributed by atoms with Gasteiger partial charge in [0.05, 0.1) is 12.0 Å². The molecule has 0 saturated heterocycles. The van der Waals surface area contributed by atoms with Crippen molar-refractivity contribution in [2.45, 2.75) is 24.8 Å². The monoisotopic (exact) mass is 338 g/mol. The van der Waals surface area contributed by atoms with E-state index in [9.17, 15) is 12.8 Å². The SMILES string of the molecule is COc1ccc(S(=O)(=O)N(C)[C@H](C)c2cccnc2)c(C)c1F. The van der Waals surface area contributed by atoms with Gasteiger partial charge < -0.3 is 4.74 Å². The third kappa shape index (κ3) is 3.20. The summed E-state index contributed by atoms with van der Waals surface area (Å²) in [6.07, 6.45) is 3.23. The van der Waals surface area contributed by atoms with E-state index in [4.69, 9.17) is 4.74 Å². The maximum absolute atomic E-state index is 14.2. The molecule has 2 aromatic rings. The van der Waals surface area contributed by atoms with Crippen molar-refractivity contribution in [2.75, 3.05) is 14.2 Å². The molecule has 1 aromatic carbocycles. The third-order valence-corrected chi connectivity index (χ3v) is 5.96. The first-order valence-corrected chi connectivity index (χ1v) is 8.45. The number of pyridine rings is 1. The van der Waals surface area contributed by atoms with Gasteiger partial charge in [-0.3, -0.25) is 4.98 Å². The minimum atomic E-state index is -3.85. The summed E-state index contributed by atoms with van der Waals surface area (Å²) >= 11 is 0. The molecule has 124 valence electrons. The van der Waals surface area contributed by atoms with E-state index in [0.29, 0.717) is 0 Å². The van der Waals surface area contributed by atoms with Crippen LogP contribution in [0.1, 0.15) is 24.1 Å². The minimum Gasteiger partial charge on any atom is -0.494 e. The van der Waals surface area contributed by atoms with Gasteiger partial charge >= 0.3 is 0 Å². The van der Waals surface area contributed by atoms with Crippen LogP contribution in [-0.4, -0.2) is 31.9 Å². The number of benzene rings is 1. The van der Waals surface area contributed by atoms with Crippen molar-refractivity contribution in [3.63, 3.8) is 0 Å². The minimum absolute atomic E-state index is 0.0180. The van der Waals surface area contributed by atoms with Gasteiger partial charge in [0.15, 0.2) is 11.6 Å². The average molecular weight is 338 g/mol. The zero-order valence-electron chi connectivity index (χ0n) is 13.4. The highest BCUT2D eigenvalue weighted by atomic mass is 32.2. The van der Waals surface area contributed by atoms with Gasteiger partial charge in [0.25, 0.3) is 0 Å². The Labute approximate surface area is 135 Å². The number of ether oxygens (including phenoxy) is 1. The topological polar surface area (TPSA) is 59.5 Å². The number of methoxy groups -OCH3 is 1. The Balaban J connectivity index is 2.44. The largest absolute Gasteiger partial charge is 0.494 e.